The second-order valence-corrected chi connectivity index (χ2v) is 6.46. The predicted octanol–water partition coefficient (Wildman–Crippen LogP) is 2.58. The van der Waals surface area contributed by atoms with Crippen molar-refractivity contribution in [2.75, 3.05) is 19.1 Å². The van der Waals surface area contributed by atoms with Crippen molar-refractivity contribution in [2.45, 2.75) is 32.7 Å². The molecule has 126 valence electrons. The van der Waals surface area contributed by atoms with Gasteiger partial charge in [0, 0.05) is 12.6 Å². The van der Waals surface area contributed by atoms with Gasteiger partial charge in [0.15, 0.2) is 0 Å². The van der Waals surface area contributed by atoms with E-state index < -0.39 is 0 Å². The zero-order valence-electron chi connectivity index (χ0n) is 13.9. The lowest BCUT2D eigenvalue weighted by Gasteiger charge is -2.23. The third-order valence-corrected chi connectivity index (χ3v) is 4.29. The minimum atomic E-state index is -0.378. The van der Waals surface area contributed by atoms with Gasteiger partial charge in [-0.1, -0.05) is 40.7 Å². The van der Waals surface area contributed by atoms with E-state index in [4.69, 9.17) is 17.0 Å². The fourth-order valence-electron chi connectivity index (χ4n) is 2.19. The largest absolute Gasteiger partial charge is 0.468 e. The van der Waals surface area contributed by atoms with Crippen LogP contribution in [-0.2, 0) is 20.7 Å². The highest BCUT2D eigenvalue weighted by Gasteiger charge is 2.22. The molecule has 2 atom stereocenters. The summed E-state index contributed by atoms with van der Waals surface area (Å²) in [6, 6.07) is 7.10. The van der Waals surface area contributed by atoms with Gasteiger partial charge < -0.3 is 4.74 Å². The number of nitrogens with zero attached hydrogens (tertiary/aromatic N) is 2. The summed E-state index contributed by atoms with van der Waals surface area (Å²) in [7, 11) is 5.66. The molecule has 1 aromatic carbocycles. The molecule has 0 aliphatic heterocycles. The van der Waals surface area contributed by atoms with E-state index in [1.165, 1.54) is 18.9 Å². The maximum Gasteiger partial charge on any atom is 0.323 e. The zero-order valence-corrected chi connectivity index (χ0v) is 15.9. The molecule has 5 nitrogen and oxygen atoms in total. The number of carbonyl (C=O) groups excluding carboxylic acids is 2. The topological polar surface area (TPSA) is 49.9 Å². The maximum atomic E-state index is 11.8. The summed E-state index contributed by atoms with van der Waals surface area (Å²) in [5, 5.41) is 0. The molecule has 0 fully saturated rings. The summed E-state index contributed by atoms with van der Waals surface area (Å²) in [5.41, 5.74) is 1.71. The van der Waals surface area contributed by atoms with Crippen molar-refractivity contribution in [1.29, 1.82) is 0 Å². The van der Waals surface area contributed by atoms with Crippen LogP contribution in [0.5, 0.6) is 0 Å². The highest BCUT2D eigenvalue weighted by atomic mass is 32.1. The number of benzene rings is 1. The van der Waals surface area contributed by atoms with E-state index in [0.29, 0.717) is 17.8 Å². The van der Waals surface area contributed by atoms with Crippen LogP contribution in [0, 0.1) is 0 Å². The lowest BCUT2D eigenvalue weighted by Crippen LogP contribution is -2.35. The van der Waals surface area contributed by atoms with Gasteiger partial charge in [-0.05, 0) is 37.6 Å². The Balaban J connectivity index is 2.97. The number of thiocarbonyl (C=S) groups is 1. The molecule has 0 radical (unpaired) electrons. The van der Waals surface area contributed by atoms with Gasteiger partial charge in [-0.15, -0.1) is 0 Å². The van der Waals surface area contributed by atoms with Crippen molar-refractivity contribution >= 4 is 44.2 Å². The minimum absolute atomic E-state index is 0.110. The second-order valence-electron chi connectivity index (χ2n) is 5.18. The average molecular weight is 354 g/mol. The second kappa shape index (κ2) is 9.06. The number of methoxy groups -OCH3 is 1. The van der Waals surface area contributed by atoms with Crippen LogP contribution in [0.3, 0.4) is 0 Å². The third-order valence-electron chi connectivity index (χ3n) is 3.46. The molecule has 0 aliphatic carbocycles. The van der Waals surface area contributed by atoms with Gasteiger partial charge in [-0.3, -0.25) is 19.2 Å². The van der Waals surface area contributed by atoms with E-state index in [-0.39, 0.29) is 17.9 Å². The summed E-state index contributed by atoms with van der Waals surface area (Å²) in [6.45, 7) is 3.41. The number of hydrogen-bond acceptors (Lipinski definition) is 5. The van der Waals surface area contributed by atoms with Crippen LogP contribution in [0.2, 0.25) is 0 Å². The van der Waals surface area contributed by atoms with Crippen molar-refractivity contribution in [3.8, 4) is 0 Å². The lowest BCUT2D eigenvalue weighted by molar-refractivity contribution is -0.144. The van der Waals surface area contributed by atoms with Crippen molar-refractivity contribution in [1.82, 2.24) is 4.67 Å². The fraction of sp³-hybridized carbons (Fsp3) is 0.438. The summed E-state index contributed by atoms with van der Waals surface area (Å²) < 4.78 is 6.57. The number of ether oxygens (including phenoxy) is 1. The Hall–Kier alpha value is -1.36. The van der Waals surface area contributed by atoms with E-state index in [2.05, 4.69) is 9.39 Å². The van der Waals surface area contributed by atoms with Crippen LogP contribution < -0.4 is 4.90 Å². The molecule has 0 N–H and O–H groups in total. The standard InChI is InChI=1S/C16H23N2O3PS/c1-5-15(23)18(11(2)19)13-8-6-12(7-9-13)10-14(17(3)22)16(20)21-4/h6-9,14H,5,10,22H2,1-4H3/t14-/m0/s1. The van der Waals surface area contributed by atoms with Gasteiger partial charge in [0.1, 0.15) is 6.04 Å². The number of carbonyl (C=O) groups is 2. The Morgan fingerprint density at radius 2 is 1.87 bits per heavy atom. The van der Waals surface area contributed by atoms with Crippen LogP contribution in [0.15, 0.2) is 24.3 Å². The van der Waals surface area contributed by atoms with E-state index in [0.717, 1.165) is 11.3 Å². The summed E-state index contributed by atoms with van der Waals surface area (Å²) in [5.74, 6) is -0.397. The zero-order chi connectivity index (χ0) is 17.6. The number of rotatable bonds is 6. The van der Waals surface area contributed by atoms with E-state index >= 15 is 0 Å². The highest BCUT2D eigenvalue weighted by Crippen LogP contribution is 2.20. The normalized spacial score (nSPS) is 11.9. The highest BCUT2D eigenvalue weighted by molar-refractivity contribution is 7.80. The minimum Gasteiger partial charge on any atom is -0.468 e. The maximum absolute atomic E-state index is 11.8. The van der Waals surface area contributed by atoms with Crippen LogP contribution in [-0.4, -0.2) is 41.7 Å². The molecule has 0 spiro atoms. The first-order chi connectivity index (χ1) is 10.8. The fourth-order valence-corrected chi connectivity index (χ4v) is 2.65. The molecule has 1 amide bonds. The molecule has 0 bridgehead atoms. The Kier molecular flexibility index (Phi) is 7.76. The number of esters is 1. The first-order valence-electron chi connectivity index (χ1n) is 7.29. The summed E-state index contributed by atoms with van der Waals surface area (Å²) in [6.07, 6.45) is 1.14. The average Bonchev–Trinajstić information content (AvgIpc) is 2.52. The van der Waals surface area contributed by atoms with Crippen LogP contribution in [0.4, 0.5) is 5.69 Å². The molecule has 1 rings (SSSR count). The first-order valence-corrected chi connectivity index (χ1v) is 8.22. The van der Waals surface area contributed by atoms with E-state index in [1.807, 2.05) is 31.2 Å². The Morgan fingerprint density at radius 3 is 2.26 bits per heavy atom. The van der Waals surface area contributed by atoms with Crippen molar-refractivity contribution < 1.29 is 14.3 Å². The van der Waals surface area contributed by atoms with Crippen LogP contribution in [0.25, 0.3) is 0 Å². The Morgan fingerprint density at radius 1 is 1.30 bits per heavy atom. The molecule has 0 saturated carbocycles. The SMILES string of the molecule is CCC(=S)N(C(C)=O)c1ccc(C[C@@H](C(=O)OC)N(C)P)cc1. The van der Waals surface area contributed by atoms with Gasteiger partial charge in [-0.25, -0.2) is 0 Å². The van der Waals surface area contributed by atoms with Crippen molar-refractivity contribution in [3.63, 3.8) is 0 Å². The molecule has 23 heavy (non-hydrogen) atoms. The molecular formula is C16H23N2O3PS. The van der Waals surface area contributed by atoms with Gasteiger partial charge in [0.05, 0.1) is 12.1 Å². The molecule has 0 aromatic heterocycles. The molecule has 7 heteroatoms. The van der Waals surface area contributed by atoms with Gasteiger partial charge in [0.25, 0.3) is 0 Å². The van der Waals surface area contributed by atoms with E-state index in [9.17, 15) is 9.59 Å². The third kappa shape index (κ3) is 5.34. The number of likely N-dealkylation sites (N-methyl/N-ethyl adjacent to an activating group) is 1. The smallest absolute Gasteiger partial charge is 0.323 e. The molecule has 0 saturated heterocycles. The van der Waals surface area contributed by atoms with Crippen molar-refractivity contribution in [3.05, 3.63) is 29.8 Å². The monoisotopic (exact) mass is 354 g/mol. The Labute approximate surface area is 145 Å². The van der Waals surface area contributed by atoms with Gasteiger partial charge in [0.2, 0.25) is 5.91 Å². The lowest BCUT2D eigenvalue weighted by atomic mass is 10.1. The van der Waals surface area contributed by atoms with Gasteiger partial charge >= 0.3 is 5.97 Å². The summed E-state index contributed by atoms with van der Waals surface area (Å²) in [4.78, 5) is 25.7. The predicted molar refractivity (Wildman–Crippen MR) is 99.5 cm³/mol. The van der Waals surface area contributed by atoms with Crippen molar-refractivity contribution in [2.24, 2.45) is 0 Å². The molecule has 1 aromatic rings. The molecular weight excluding hydrogens is 331 g/mol. The number of anilines is 1. The van der Waals surface area contributed by atoms with Crippen LogP contribution in [0.1, 0.15) is 25.8 Å². The first kappa shape index (κ1) is 19.7. The number of hydrogen-bond donors (Lipinski definition) is 0. The molecule has 1 unspecified atom stereocenters. The quantitative estimate of drug-likeness (QED) is 0.446. The molecule has 0 aliphatic rings. The summed E-state index contributed by atoms with van der Waals surface area (Å²) >= 11 is 5.26. The van der Waals surface area contributed by atoms with Gasteiger partial charge in [-0.2, -0.15) is 0 Å². The van der Waals surface area contributed by atoms with E-state index in [1.54, 1.807) is 11.7 Å². The Bertz CT molecular complexity index is 575. The number of amides is 1. The molecule has 0 heterocycles. The van der Waals surface area contributed by atoms with Crippen LogP contribution >= 0.6 is 21.6 Å².